The Hall–Kier alpha value is 0.979. The third kappa shape index (κ3) is 4.98. The fourth-order valence-corrected chi connectivity index (χ4v) is 0. The van der Waals surface area contributed by atoms with Gasteiger partial charge in [-0.05, 0) is 0 Å². The van der Waals surface area contributed by atoms with Crippen molar-refractivity contribution >= 4 is 14.5 Å². The van der Waals surface area contributed by atoms with Crippen molar-refractivity contribution in [3.05, 3.63) is 0 Å². The maximum atomic E-state index is 9.56. The van der Waals surface area contributed by atoms with Crippen molar-refractivity contribution in [2.75, 3.05) is 0 Å². The molecule has 2 N–H and O–H groups in total. The first kappa shape index (κ1) is 6.98. The molecule has 0 radical (unpaired) electrons. The van der Waals surface area contributed by atoms with Gasteiger partial charge >= 0.3 is 50.1 Å². The molecule has 0 aliphatic rings. The normalized spacial score (nSPS) is 11.7. The van der Waals surface area contributed by atoms with Crippen LogP contribution in [-0.2, 0) is 27.4 Å². The van der Waals surface area contributed by atoms with E-state index in [1.165, 1.54) is 0 Å². The van der Waals surface area contributed by atoms with E-state index < -0.39 is 14.5 Å². The molecule has 4 nitrogen and oxygen atoms in total. The SMILES string of the molecule is O=[As](O)(O)[O][Ta]. The van der Waals surface area contributed by atoms with Crippen LogP contribution in [0.25, 0.3) is 0 Å². The van der Waals surface area contributed by atoms with Crippen LogP contribution in [0.2, 0.25) is 0 Å². The van der Waals surface area contributed by atoms with E-state index in [9.17, 15) is 3.74 Å². The summed E-state index contributed by atoms with van der Waals surface area (Å²) in [6.07, 6.45) is 0. The van der Waals surface area contributed by atoms with Gasteiger partial charge in [-0.15, -0.1) is 0 Å². The van der Waals surface area contributed by atoms with Gasteiger partial charge in [0, 0.05) is 0 Å². The third-order valence-corrected chi connectivity index (χ3v) is 4.52. The standard InChI is InChI=1S/AsH3O4.Ta/c2-1(3,4)5;/h(H3,2,3,4,5);/q;+1/p-1. The molecular formula is H2AsO4Ta. The molecule has 0 amide bonds. The average Bonchev–Trinajstić information content (AvgIpc) is 1.35. The van der Waals surface area contributed by atoms with E-state index in [2.05, 4.69) is 2.23 Å². The molecule has 0 heterocycles. The quantitative estimate of drug-likeness (QED) is 0.566. The Bertz CT molecular complexity index is 71.6. The van der Waals surface area contributed by atoms with Crippen molar-refractivity contribution in [1.29, 1.82) is 0 Å². The predicted octanol–water partition coefficient (Wildman–Crippen LogP) is -1.68. The molecule has 0 fully saturated rings. The van der Waals surface area contributed by atoms with E-state index in [-0.39, 0.29) is 21.5 Å². The van der Waals surface area contributed by atoms with Crippen LogP contribution in [0.3, 0.4) is 0 Å². The van der Waals surface area contributed by atoms with Gasteiger partial charge in [0.05, 0.1) is 0 Å². The monoisotopic (exact) mass is 322 g/mol. The summed E-state index contributed by atoms with van der Waals surface area (Å²) in [6, 6.07) is 0. The van der Waals surface area contributed by atoms with Gasteiger partial charge in [0.1, 0.15) is 0 Å². The summed E-state index contributed by atoms with van der Waals surface area (Å²) >= 11 is -4.33. The Morgan fingerprint density at radius 2 is 1.83 bits per heavy atom. The molecule has 0 aromatic carbocycles. The van der Waals surface area contributed by atoms with E-state index >= 15 is 0 Å². The fourth-order valence-electron chi connectivity index (χ4n) is 0. The molecule has 0 aliphatic carbocycles. The summed E-state index contributed by atoms with van der Waals surface area (Å²) in [5.74, 6) is 0. The van der Waals surface area contributed by atoms with Crippen LogP contribution in [0.5, 0.6) is 0 Å². The van der Waals surface area contributed by atoms with Crippen molar-refractivity contribution < 1.29 is 35.6 Å². The van der Waals surface area contributed by atoms with E-state index in [0.717, 1.165) is 0 Å². The van der Waals surface area contributed by atoms with Gasteiger partial charge in [0.2, 0.25) is 0 Å². The van der Waals surface area contributed by atoms with Crippen molar-refractivity contribution in [1.82, 2.24) is 0 Å². The molecule has 36 valence electrons. The molecule has 0 aromatic heterocycles. The summed E-state index contributed by atoms with van der Waals surface area (Å²) < 4.78 is 28.9. The van der Waals surface area contributed by atoms with Crippen LogP contribution in [0.4, 0.5) is 0 Å². The topological polar surface area (TPSA) is 66.8 Å². The number of hydrogen-bond donors (Lipinski definition) is 2. The molecule has 6 heavy (non-hydrogen) atoms. The molecule has 0 unspecified atom stereocenters. The van der Waals surface area contributed by atoms with Gasteiger partial charge in [0.15, 0.2) is 0 Å². The Morgan fingerprint density at radius 3 is 1.83 bits per heavy atom. The number of rotatable bonds is 1. The zero-order valence-electron chi connectivity index (χ0n) is 2.61. The summed E-state index contributed by atoms with van der Waals surface area (Å²) in [4.78, 5) is 0. The fraction of sp³-hybridized carbons (Fsp3) is 0. The summed E-state index contributed by atoms with van der Waals surface area (Å²) in [5, 5.41) is 0. The predicted molar refractivity (Wildman–Crippen MR) is 12.0 cm³/mol. The third-order valence-electron chi connectivity index (χ3n) is 0.106. The first-order valence-electron chi connectivity index (χ1n) is 0.948. The molecule has 6 heteroatoms. The molecule has 0 aromatic rings. The zero-order chi connectivity index (χ0) is 5.21. The molecule has 0 saturated carbocycles. The Morgan fingerprint density at radius 1 is 1.67 bits per heavy atom. The molecule has 0 spiro atoms. The molecule has 0 atom stereocenters. The first-order valence-corrected chi connectivity index (χ1v) is 5.47. The van der Waals surface area contributed by atoms with E-state index in [1.54, 1.807) is 0 Å². The van der Waals surface area contributed by atoms with Crippen molar-refractivity contribution in [2.24, 2.45) is 0 Å². The molecule has 0 rings (SSSR count). The van der Waals surface area contributed by atoms with Gasteiger partial charge < -0.3 is 0 Å². The van der Waals surface area contributed by atoms with Crippen molar-refractivity contribution in [3.8, 4) is 0 Å². The van der Waals surface area contributed by atoms with Crippen LogP contribution < -0.4 is 0 Å². The van der Waals surface area contributed by atoms with Gasteiger partial charge in [-0.3, -0.25) is 0 Å². The van der Waals surface area contributed by atoms with Gasteiger partial charge in [-0.25, -0.2) is 0 Å². The van der Waals surface area contributed by atoms with Crippen LogP contribution >= 0.6 is 0 Å². The van der Waals surface area contributed by atoms with Crippen LogP contribution in [-0.4, -0.2) is 22.7 Å². The first-order chi connectivity index (χ1) is 2.56. The minimum atomic E-state index is -4.61. The number of hydrogen-bond acceptors (Lipinski definition) is 2. The second-order valence-electron chi connectivity index (χ2n) is 0.572. The van der Waals surface area contributed by atoms with E-state index in [4.69, 9.17) is 8.19 Å². The average molecular weight is 322 g/mol. The summed E-state index contributed by atoms with van der Waals surface area (Å²) in [7, 11) is 0. The second-order valence-corrected chi connectivity index (χ2v) is 6.02. The van der Waals surface area contributed by atoms with Crippen molar-refractivity contribution in [3.63, 3.8) is 0 Å². The van der Waals surface area contributed by atoms with Crippen LogP contribution in [0, 0.1) is 0 Å². The van der Waals surface area contributed by atoms with Crippen molar-refractivity contribution in [2.45, 2.75) is 0 Å². The zero-order valence-corrected chi connectivity index (χ0v) is 7.70. The van der Waals surface area contributed by atoms with E-state index in [1.807, 2.05) is 0 Å². The second kappa shape index (κ2) is 2.33. The van der Waals surface area contributed by atoms with Gasteiger partial charge in [-0.1, -0.05) is 0 Å². The Balaban J connectivity index is 3.48. The Kier molecular flexibility index (Phi) is 2.71. The molecular weight excluding hydrogens is 320 g/mol. The maximum absolute atomic E-state index is 9.56. The Labute approximate surface area is 50.3 Å². The van der Waals surface area contributed by atoms with Gasteiger partial charge in [0.25, 0.3) is 0 Å². The van der Waals surface area contributed by atoms with Crippen LogP contribution in [0.15, 0.2) is 0 Å². The van der Waals surface area contributed by atoms with E-state index in [0.29, 0.717) is 0 Å². The summed E-state index contributed by atoms with van der Waals surface area (Å²) in [5.41, 5.74) is 0. The minimum absolute atomic E-state index is 0.284. The summed E-state index contributed by atoms with van der Waals surface area (Å²) in [6.45, 7) is 0. The molecule has 0 aliphatic heterocycles. The van der Waals surface area contributed by atoms with Gasteiger partial charge in [-0.2, -0.15) is 0 Å². The molecule has 0 bridgehead atoms. The molecule has 0 saturated heterocycles. The van der Waals surface area contributed by atoms with Crippen LogP contribution in [0.1, 0.15) is 0 Å².